The highest BCUT2D eigenvalue weighted by Crippen LogP contribution is 2.32. The fourth-order valence-corrected chi connectivity index (χ4v) is 4.03. The Labute approximate surface area is 124 Å². The molecule has 1 atom stereocenters. The van der Waals surface area contributed by atoms with E-state index in [1.165, 1.54) is 16.4 Å². The third-order valence-electron chi connectivity index (χ3n) is 3.93. The molecule has 1 aromatic rings. The molecule has 2 aliphatic rings. The van der Waals surface area contributed by atoms with Crippen LogP contribution in [-0.4, -0.2) is 44.3 Å². The molecule has 2 fully saturated rings. The van der Waals surface area contributed by atoms with Crippen molar-refractivity contribution in [2.24, 2.45) is 5.92 Å². The van der Waals surface area contributed by atoms with Crippen LogP contribution in [0.4, 0.5) is 0 Å². The quantitative estimate of drug-likeness (QED) is 0.794. The van der Waals surface area contributed by atoms with Gasteiger partial charge in [-0.3, -0.25) is 4.79 Å². The molecule has 21 heavy (non-hydrogen) atoms. The van der Waals surface area contributed by atoms with E-state index in [2.05, 4.69) is 0 Å². The van der Waals surface area contributed by atoms with Gasteiger partial charge in [0.2, 0.25) is 10.0 Å². The van der Waals surface area contributed by atoms with Gasteiger partial charge in [-0.05, 0) is 31.9 Å². The van der Waals surface area contributed by atoms with Gasteiger partial charge in [0.25, 0.3) is 0 Å². The molecular formula is C15H19NO4S. The number of carbonyl (C=O) groups excluding carboxylic acids is 1. The summed E-state index contributed by atoms with van der Waals surface area (Å²) in [6, 6.07) is 6.31. The summed E-state index contributed by atoms with van der Waals surface area (Å²) < 4.78 is 31.9. The Hall–Kier alpha value is -1.24. The average molecular weight is 309 g/mol. The van der Waals surface area contributed by atoms with Gasteiger partial charge in [-0.25, -0.2) is 8.42 Å². The molecule has 1 saturated heterocycles. The summed E-state index contributed by atoms with van der Waals surface area (Å²) in [4.78, 5) is 12.2. The summed E-state index contributed by atoms with van der Waals surface area (Å²) in [6.45, 7) is 3.01. The maximum absolute atomic E-state index is 12.5. The molecular weight excluding hydrogens is 290 g/mol. The van der Waals surface area contributed by atoms with Crippen molar-refractivity contribution >= 4 is 15.8 Å². The van der Waals surface area contributed by atoms with E-state index in [-0.39, 0.29) is 22.7 Å². The monoisotopic (exact) mass is 309 g/mol. The first-order valence-corrected chi connectivity index (χ1v) is 8.68. The molecule has 1 saturated carbocycles. The smallest absolute Gasteiger partial charge is 0.243 e. The summed E-state index contributed by atoms with van der Waals surface area (Å²) in [5, 5.41) is 0. The highest BCUT2D eigenvalue weighted by atomic mass is 32.2. The van der Waals surface area contributed by atoms with Crippen molar-refractivity contribution < 1.29 is 17.9 Å². The SMILES string of the molecule is CC1CN(S(=O)(=O)c2ccc(C(=O)C3CC3)cc2)CCO1. The van der Waals surface area contributed by atoms with E-state index in [0.717, 1.165) is 12.8 Å². The van der Waals surface area contributed by atoms with Crippen LogP contribution in [0.3, 0.4) is 0 Å². The van der Waals surface area contributed by atoms with E-state index in [0.29, 0.717) is 25.3 Å². The van der Waals surface area contributed by atoms with Crippen LogP contribution in [0.2, 0.25) is 0 Å². The average Bonchev–Trinajstić information content (AvgIpc) is 3.31. The van der Waals surface area contributed by atoms with Crippen LogP contribution in [0, 0.1) is 5.92 Å². The third kappa shape index (κ3) is 3.02. The van der Waals surface area contributed by atoms with Gasteiger partial charge in [0, 0.05) is 24.6 Å². The van der Waals surface area contributed by atoms with Crippen molar-refractivity contribution in [3.63, 3.8) is 0 Å². The Bertz CT molecular complexity index is 634. The van der Waals surface area contributed by atoms with Gasteiger partial charge >= 0.3 is 0 Å². The van der Waals surface area contributed by atoms with Gasteiger partial charge < -0.3 is 4.74 Å². The number of hydrogen-bond donors (Lipinski definition) is 0. The molecule has 1 unspecified atom stereocenters. The van der Waals surface area contributed by atoms with Crippen molar-refractivity contribution in [3.8, 4) is 0 Å². The first-order chi connectivity index (χ1) is 9.98. The summed E-state index contributed by atoms with van der Waals surface area (Å²) in [6.07, 6.45) is 1.80. The standard InChI is InChI=1S/C15H19NO4S/c1-11-10-16(8-9-20-11)21(18,19)14-6-4-13(5-7-14)15(17)12-2-3-12/h4-7,11-12H,2-3,8-10H2,1H3. The highest BCUT2D eigenvalue weighted by molar-refractivity contribution is 7.89. The molecule has 0 amide bonds. The van der Waals surface area contributed by atoms with Gasteiger partial charge in [0.15, 0.2) is 5.78 Å². The lowest BCUT2D eigenvalue weighted by Crippen LogP contribution is -2.44. The third-order valence-corrected chi connectivity index (χ3v) is 5.81. The van der Waals surface area contributed by atoms with Gasteiger partial charge in [0.1, 0.15) is 0 Å². The number of rotatable bonds is 4. The number of carbonyl (C=O) groups is 1. The molecule has 1 heterocycles. The minimum atomic E-state index is -3.50. The predicted octanol–water partition coefficient (Wildman–Crippen LogP) is 1.69. The molecule has 1 aromatic carbocycles. The minimum Gasteiger partial charge on any atom is -0.376 e. The van der Waals surface area contributed by atoms with Crippen LogP contribution < -0.4 is 0 Å². The summed E-state index contributed by atoms with van der Waals surface area (Å²) in [7, 11) is -3.50. The predicted molar refractivity (Wildman–Crippen MR) is 77.7 cm³/mol. The lowest BCUT2D eigenvalue weighted by atomic mass is 10.1. The first kappa shape index (κ1) is 14.7. The molecule has 0 aromatic heterocycles. The van der Waals surface area contributed by atoms with E-state index in [4.69, 9.17) is 4.74 Å². The Morgan fingerprint density at radius 3 is 2.48 bits per heavy atom. The van der Waals surface area contributed by atoms with Crippen molar-refractivity contribution in [1.29, 1.82) is 0 Å². The van der Waals surface area contributed by atoms with E-state index in [1.807, 2.05) is 6.92 Å². The molecule has 1 aliphatic heterocycles. The summed E-state index contributed by atoms with van der Waals surface area (Å²) in [5.74, 6) is 0.270. The van der Waals surface area contributed by atoms with E-state index in [1.54, 1.807) is 12.1 Å². The fraction of sp³-hybridized carbons (Fsp3) is 0.533. The van der Waals surface area contributed by atoms with Crippen LogP contribution in [-0.2, 0) is 14.8 Å². The molecule has 5 nitrogen and oxygen atoms in total. The van der Waals surface area contributed by atoms with Gasteiger partial charge in [-0.2, -0.15) is 4.31 Å². The molecule has 6 heteroatoms. The van der Waals surface area contributed by atoms with Crippen molar-refractivity contribution in [1.82, 2.24) is 4.31 Å². The molecule has 114 valence electrons. The van der Waals surface area contributed by atoms with E-state index < -0.39 is 10.0 Å². The number of ether oxygens (including phenoxy) is 1. The normalized spacial score (nSPS) is 24.0. The lowest BCUT2D eigenvalue weighted by Gasteiger charge is -2.30. The number of nitrogens with zero attached hydrogens (tertiary/aromatic N) is 1. The Morgan fingerprint density at radius 1 is 1.24 bits per heavy atom. The summed E-state index contributed by atoms with van der Waals surface area (Å²) in [5.41, 5.74) is 0.604. The van der Waals surface area contributed by atoms with Crippen molar-refractivity contribution in [3.05, 3.63) is 29.8 Å². The number of benzene rings is 1. The zero-order valence-electron chi connectivity index (χ0n) is 12.0. The van der Waals surface area contributed by atoms with Gasteiger partial charge in [-0.1, -0.05) is 12.1 Å². The van der Waals surface area contributed by atoms with Crippen LogP contribution in [0.5, 0.6) is 0 Å². The minimum absolute atomic E-state index is 0.0933. The largest absolute Gasteiger partial charge is 0.376 e. The number of ketones is 1. The Balaban J connectivity index is 1.80. The Kier molecular flexibility index (Phi) is 3.86. The van der Waals surface area contributed by atoms with Crippen molar-refractivity contribution in [2.45, 2.75) is 30.8 Å². The van der Waals surface area contributed by atoms with Crippen LogP contribution in [0.15, 0.2) is 29.2 Å². The van der Waals surface area contributed by atoms with Crippen LogP contribution in [0.25, 0.3) is 0 Å². The molecule has 1 aliphatic carbocycles. The first-order valence-electron chi connectivity index (χ1n) is 7.24. The zero-order valence-corrected chi connectivity index (χ0v) is 12.8. The second-order valence-corrected chi connectivity index (χ2v) is 7.65. The van der Waals surface area contributed by atoms with Gasteiger partial charge in [-0.15, -0.1) is 0 Å². The maximum Gasteiger partial charge on any atom is 0.243 e. The number of morpholine rings is 1. The lowest BCUT2D eigenvalue weighted by molar-refractivity contribution is 0.0102. The van der Waals surface area contributed by atoms with E-state index >= 15 is 0 Å². The highest BCUT2D eigenvalue weighted by Gasteiger charge is 2.32. The van der Waals surface area contributed by atoms with Crippen molar-refractivity contribution in [2.75, 3.05) is 19.7 Å². The number of Topliss-reactive ketones (excluding diaryl/α,β-unsaturated/α-hetero) is 1. The van der Waals surface area contributed by atoms with Crippen LogP contribution in [0.1, 0.15) is 30.1 Å². The molecule has 0 spiro atoms. The number of sulfonamides is 1. The molecule has 0 bridgehead atoms. The fourth-order valence-electron chi connectivity index (χ4n) is 2.53. The Morgan fingerprint density at radius 2 is 1.90 bits per heavy atom. The number of hydrogen-bond acceptors (Lipinski definition) is 4. The second kappa shape index (κ2) is 5.51. The molecule has 0 N–H and O–H groups in total. The second-order valence-electron chi connectivity index (χ2n) is 5.71. The summed E-state index contributed by atoms with van der Waals surface area (Å²) >= 11 is 0. The topological polar surface area (TPSA) is 63.7 Å². The van der Waals surface area contributed by atoms with Crippen LogP contribution >= 0.6 is 0 Å². The van der Waals surface area contributed by atoms with Gasteiger partial charge in [0.05, 0.1) is 17.6 Å². The molecule has 0 radical (unpaired) electrons. The maximum atomic E-state index is 12.5. The zero-order chi connectivity index (χ0) is 15.0. The van der Waals surface area contributed by atoms with E-state index in [9.17, 15) is 13.2 Å². The molecule has 3 rings (SSSR count).